The van der Waals surface area contributed by atoms with Gasteiger partial charge in [0.25, 0.3) is 0 Å². The second kappa shape index (κ2) is 6.01. The van der Waals surface area contributed by atoms with Gasteiger partial charge >= 0.3 is 0 Å². The van der Waals surface area contributed by atoms with Gasteiger partial charge in [0.2, 0.25) is 0 Å². The zero-order valence-corrected chi connectivity index (χ0v) is 9.41. The molecular formula is C14H15BO. The Hall–Kier alpha value is -1.70. The minimum atomic E-state index is 0.466. The van der Waals surface area contributed by atoms with E-state index < -0.39 is 0 Å². The van der Waals surface area contributed by atoms with Gasteiger partial charge < -0.3 is 4.74 Å². The van der Waals surface area contributed by atoms with E-state index in [2.05, 4.69) is 19.7 Å². The molecule has 0 atom stereocenters. The molecule has 0 heterocycles. The number of benzene rings is 1. The zero-order valence-electron chi connectivity index (χ0n) is 9.41. The molecule has 0 amide bonds. The molecule has 1 aromatic carbocycles. The van der Waals surface area contributed by atoms with Crippen molar-refractivity contribution in [3.8, 4) is 0 Å². The third-order valence-electron chi connectivity index (χ3n) is 2.24. The maximum atomic E-state index is 5.51. The quantitative estimate of drug-likeness (QED) is 0.397. The fourth-order valence-electron chi connectivity index (χ4n) is 1.25. The average Bonchev–Trinajstić information content (AvgIpc) is 2.35. The highest BCUT2D eigenvalue weighted by molar-refractivity contribution is 6.14. The van der Waals surface area contributed by atoms with Crippen LogP contribution in [0.4, 0.5) is 0 Å². The standard InChI is InChI=1S/C14H15BO/c1-4-9-16-12(3)14-7-5-13(6-8-14)11(2)10-15/h4-8H,1-3,9-10H2. The number of rotatable bonds is 6. The number of hydrogen-bond donors (Lipinski definition) is 0. The molecule has 0 saturated carbocycles. The van der Waals surface area contributed by atoms with Crippen LogP contribution in [0.2, 0.25) is 6.32 Å². The summed E-state index contributed by atoms with van der Waals surface area (Å²) in [5, 5.41) is 0. The minimum absolute atomic E-state index is 0.466. The molecule has 0 N–H and O–H groups in total. The van der Waals surface area contributed by atoms with Crippen LogP contribution in [0.25, 0.3) is 11.3 Å². The van der Waals surface area contributed by atoms with E-state index in [1.165, 1.54) is 0 Å². The fourth-order valence-corrected chi connectivity index (χ4v) is 1.25. The van der Waals surface area contributed by atoms with Crippen LogP contribution in [-0.2, 0) is 4.74 Å². The topological polar surface area (TPSA) is 9.23 Å². The van der Waals surface area contributed by atoms with Gasteiger partial charge in [0.15, 0.2) is 0 Å². The molecule has 1 rings (SSSR count). The van der Waals surface area contributed by atoms with Crippen molar-refractivity contribution >= 4 is 19.2 Å². The number of ether oxygens (including phenoxy) is 1. The largest absolute Gasteiger partial charge is 0.490 e. The van der Waals surface area contributed by atoms with Gasteiger partial charge in [-0.2, -0.15) is 0 Å². The van der Waals surface area contributed by atoms with Crippen LogP contribution >= 0.6 is 0 Å². The molecule has 0 aliphatic heterocycles. The lowest BCUT2D eigenvalue weighted by Crippen LogP contribution is -1.91. The fraction of sp³-hybridized carbons (Fsp3) is 0.143. The second-order valence-corrected chi connectivity index (χ2v) is 3.41. The molecule has 1 nitrogen and oxygen atoms in total. The molecule has 0 saturated heterocycles. The minimum Gasteiger partial charge on any atom is -0.490 e. The summed E-state index contributed by atoms with van der Waals surface area (Å²) in [6, 6.07) is 7.82. The Morgan fingerprint density at radius 1 is 1.19 bits per heavy atom. The van der Waals surface area contributed by atoms with Crippen molar-refractivity contribution in [2.45, 2.75) is 6.32 Å². The van der Waals surface area contributed by atoms with E-state index in [1.807, 2.05) is 24.3 Å². The lowest BCUT2D eigenvalue weighted by molar-refractivity contribution is 0.321. The summed E-state index contributed by atoms with van der Waals surface area (Å²) in [6.45, 7) is 11.8. The molecule has 0 aliphatic carbocycles. The lowest BCUT2D eigenvalue weighted by atomic mass is 9.92. The first-order valence-corrected chi connectivity index (χ1v) is 5.10. The lowest BCUT2D eigenvalue weighted by Gasteiger charge is -2.08. The Balaban J connectivity index is 2.74. The van der Waals surface area contributed by atoms with Crippen LogP contribution in [0, 0.1) is 0 Å². The molecule has 0 aromatic heterocycles. The Morgan fingerprint density at radius 3 is 2.25 bits per heavy atom. The van der Waals surface area contributed by atoms with E-state index in [1.54, 1.807) is 6.08 Å². The van der Waals surface area contributed by atoms with E-state index in [0.717, 1.165) is 16.7 Å². The van der Waals surface area contributed by atoms with Crippen molar-refractivity contribution in [3.05, 3.63) is 61.2 Å². The first kappa shape index (κ1) is 12.4. The summed E-state index contributed by atoms with van der Waals surface area (Å²) in [6.07, 6.45) is 2.16. The molecule has 80 valence electrons. The van der Waals surface area contributed by atoms with Crippen LogP contribution in [0.1, 0.15) is 11.1 Å². The van der Waals surface area contributed by atoms with E-state index >= 15 is 0 Å². The van der Waals surface area contributed by atoms with Crippen molar-refractivity contribution in [2.75, 3.05) is 6.61 Å². The third kappa shape index (κ3) is 3.16. The monoisotopic (exact) mass is 210 g/mol. The number of allylic oxidation sites excluding steroid dienone is 1. The van der Waals surface area contributed by atoms with Crippen molar-refractivity contribution in [1.82, 2.24) is 0 Å². The predicted octanol–water partition coefficient (Wildman–Crippen LogP) is 3.46. The Morgan fingerprint density at radius 2 is 1.75 bits per heavy atom. The van der Waals surface area contributed by atoms with Crippen LogP contribution in [0.5, 0.6) is 0 Å². The van der Waals surface area contributed by atoms with Crippen LogP contribution in [0.15, 0.2) is 50.1 Å². The first-order chi connectivity index (χ1) is 7.69. The highest BCUT2D eigenvalue weighted by Gasteiger charge is 2.00. The summed E-state index contributed by atoms with van der Waals surface area (Å²) in [7, 11) is 5.51. The molecule has 2 heteroatoms. The van der Waals surface area contributed by atoms with Crippen molar-refractivity contribution in [2.24, 2.45) is 0 Å². The maximum absolute atomic E-state index is 5.51. The van der Waals surface area contributed by atoms with E-state index in [-0.39, 0.29) is 0 Å². The normalized spacial score (nSPS) is 9.50. The molecule has 2 radical (unpaired) electrons. The summed E-state index contributed by atoms with van der Waals surface area (Å²) < 4.78 is 5.34. The average molecular weight is 210 g/mol. The van der Waals surface area contributed by atoms with Gasteiger partial charge in [0, 0.05) is 5.56 Å². The van der Waals surface area contributed by atoms with Gasteiger partial charge in [0.1, 0.15) is 12.4 Å². The van der Waals surface area contributed by atoms with Crippen molar-refractivity contribution in [1.29, 1.82) is 0 Å². The molecule has 1 aromatic rings. The van der Waals surface area contributed by atoms with Crippen LogP contribution < -0.4 is 0 Å². The molecule has 16 heavy (non-hydrogen) atoms. The maximum Gasteiger partial charge on any atom is 0.119 e. The highest BCUT2D eigenvalue weighted by atomic mass is 16.5. The zero-order chi connectivity index (χ0) is 12.0. The van der Waals surface area contributed by atoms with E-state index in [4.69, 9.17) is 12.6 Å². The Kier molecular flexibility index (Phi) is 4.65. The predicted molar refractivity (Wildman–Crippen MR) is 71.2 cm³/mol. The summed E-state index contributed by atoms with van der Waals surface area (Å²) >= 11 is 0. The molecule has 0 spiro atoms. The van der Waals surface area contributed by atoms with E-state index in [9.17, 15) is 0 Å². The molecular weight excluding hydrogens is 195 g/mol. The molecule has 0 fully saturated rings. The molecule has 0 unspecified atom stereocenters. The highest BCUT2D eigenvalue weighted by Crippen LogP contribution is 2.19. The van der Waals surface area contributed by atoms with Gasteiger partial charge in [-0.3, -0.25) is 0 Å². The van der Waals surface area contributed by atoms with Crippen LogP contribution in [0.3, 0.4) is 0 Å². The van der Waals surface area contributed by atoms with Gasteiger partial charge in [-0.15, -0.1) is 0 Å². The first-order valence-electron chi connectivity index (χ1n) is 5.10. The van der Waals surface area contributed by atoms with Crippen LogP contribution in [-0.4, -0.2) is 14.5 Å². The molecule has 0 aliphatic rings. The summed E-state index contributed by atoms with van der Waals surface area (Å²) in [5.74, 6) is 0.643. The van der Waals surface area contributed by atoms with Crippen molar-refractivity contribution in [3.63, 3.8) is 0 Å². The smallest absolute Gasteiger partial charge is 0.119 e. The van der Waals surface area contributed by atoms with Crippen molar-refractivity contribution < 1.29 is 4.74 Å². The van der Waals surface area contributed by atoms with Gasteiger partial charge in [-0.05, 0) is 5.56 Å². The van der Waals surface area contributed by atoms with Gasteiger partial charge in [-0.1, -0.05) is 62.0 Å². The number of hydrogen-bond acceptors (Lipinski definition) is 1. The summed E-state index contributed by atoms with van der Waals surface area (Å²) in [5.41, 5.74) is 2.92. The third-order valence-corrected chi connectivity index (χ3v) is 2.24. The Bertz CT molecular complexity index is 390. The van der Waals surface area contributed by atoms with Gasteiger partial charge in [0.05, 0.1) is 7.85 Å². The SMILES string of the molecule is [B]CC(=C)c1ccc(C(=C)OCC=C)cc1. The summed E-state index contributed by atoms with van der Waals surface area (Å²) in [4.78, 5) is 0. The molecule has 0 bridgehead atoms. The Labute approximate surface area is 98.5 Å². The van der Waals surface area contributed by atoms with Gasteiger partial charge in [-0.25, -0.2) is 0 Å². The van der Waals surface area contributed by atoms with E-state index in [0.29, 0.717) is 18.7 Å². The second-order valence-electron chi connectivity index (χ2n) is 3.41.